The second-order valence-electron chi connectivity index (χ2n) is 4.19. The van der Waals surface area contributed by atoms with E-state index in [1.807, 2.05) is 20.6 Å². The highest BCUT2D eigenvalue weighted by Crippen LogP contribution is 2.47. The van der Waals surface area contributed by atoms with Gasteiger partial charge >= 0.3 is 0 Å². The highest BCUT2D eigenvalue weighted by molar-refractivity contribution is 5.41. The van der Waals surface area contributed by atoms with Crippen LogP contribution in [0.3, 0.4) is 0 Å². The molecule has 0 spiro atoms. The number of benzene rings is 1. The van der Waals surface area contributed by atoms with Gasteiger partial charge in [0.15, 0.2) is 0 Å². The maximum Gasteiger partial charge on any atom is 0.106 e. The average molecular weight is 276 g/mol. The largest absolute Gasteiger partial charge is 0.388 e. The highest BCUT2D eigenvalue weighted by atomic mass is 16.4. The minimum absolute atomic E-state index is 0.103. The molecule has 1 fully saturated rings. The van der Waals surface area contributed by atoms with Crippen LogP contribution in [0.4, 0.5) is 0 Å². The molecule has 0 atom stereocenters. The maximum atomic E-state index is 8.00. The Bertz CT molecular complexity index is 369. The first-order valence-electron chi connectivity index (χ1n) is 6.98. The Morgan fingerprint density at radius 1 is 1.20 bits per heavy atom. The van der Waals surface area contributed by atoms with E-state index in [1.165, 1.54) is 11.1 Å². The van der Waals surface area contributed by atoms with Crippen LogP contribution in [-0.4, -0.2) is 21.0 Å². The lowest BCUT2D eigenvalue weighted by atomic mass is 9.96. The summed E-state index contributed by atoms with van der Waals surface area (Å²) in [6, 6.07) is 8.75. The van der Waals surface area contributed by atoms with Crippen molar-refractivity contribution in [2.24, 2.45) is 0 Å². The van der Waals surface area contributed by atoms with E-state index in [4.69, 9.17) is 11.2 Å². The van der Waals surface area contributed by atoms with Crippen molar-refractivity contribution in [1.82, 2.24) is 0 Å². The highest BCUT2D eigenvalue weighted by Gasteiger charge is 2.42. The van der Waals surface area contributed by atoms with Crippen molar-refractivity contribution in [3.8, 4) is 12.3 Å². The standard InChI is InChI=1S/C13H14.C2H6O.C2H6.CH2O/c1-3-11-5-7-12(8-6-11)13(4-2)9-10-13;1-3-2;2*1-2/h2,5-8H,3,9-10H2,1H3;1-2H3;1-2H3;1H2. The molecule has 20 heavy (non-hydrogen) atoms. The molecule has 112 valence electrons. The van der Waals surface area contributed by atoms with Gasteiger partial charge in [0.2, 0.25) is 0 Å². The number of terminal acetylenes is 1. The molecule has 0 aromatic heterocycles. The van der Waals surface area contributed by atoms with E-state index in [2.05, 4.69) is 41.8 Å². The molecule has 2 heteroatoms. The predicted molar refractivity (Wildman–Crippen MR) is 87.0 cm³/mol. The van der Waals surface area contributed by atoms with Gasteiger partial charge < -0.3 is 9.53 Å². The van der Waals surface area contributed by atoms with Crippen molar-refractivity contribution in [2.75, 3.05) is 14.2 Å². The average Bonchev–Trinajstić information content (AvgIpc) is 3.33. The number of aryl methyl sites for hydroxylation is 1. The van der Waals surface area contributed by atoms with Crippen LogP contribution < -0.4 is 0 Å². The Balaban J connectivity index is 0. The fourth-order valence-corrected chi connectivity index (χ4v) is 1.70. The number of ether oxygens (including phenoxy) is 1. The number of methoxy groups -OCH3 is 1. The molecule has 1 aromatic rings. The van der Waals surface area contributed by atoms with Crippen molar-refractivity contribution in [3.05, 3.63) is 35.4 Å². The second-order valence-corrected chi connectivity index (χ2v) is 4.19. The molecular formula is C18H28O2. The number of carbonyl (C=O) groups excluding carboxylic acids is 1. The van der Waals surface area contributed by atoms with Crippen LogP contribution in [0.2, 0.25) is 0 Å². The zero-order valence-electron chi connectivity index (χ0n) is 13.5. The van der Waals surface area contributed by atoms with Crippen LogP contribution in [0.1, 0.15) is 44.7 Å². The monoisotopic (exact) mass is 276 g/mol. The van der Waals surface area contributed by atoms with Gasteiger partial charge in [-0.3, -0.25) is 0 Å². The topological polar surface area (TPSA) is 26.3 Å². The molecule has 0 radical (unpaired) electrons. The fraction of sp³-hybridized carbons (Fsp3) is 0.500. The Morgan fingerprint density at radius 3 is 1.85 bits per heavy atom. The molecule has 1 aliphatic carbocycles. The summed E-state index contributed by atoms with van der Waals surface area (Å²) in [5, 5.41) is 0. The third-order valence-corrected chi connectivity index (χ3v) is 2.94. The Morgan fingerprint density at radius 2 is 1.60 bits per heavy atom. The third-order valence-electron chi connectivity index (χ3n) is 2.94. The van der Waals surface area contributed by atoms with Gasteiger partial charge in [-0.1, -0.05) is 51.0 Å². The van der Waals surface area contributed by atoms with E-state index in [0.717, 1.165) is 19.3 Å². The van der Waals surface area contributed by atoms with Gasteiger partial charge in [-0.2, -0.15) is 0 Å². The molecular weight excluding hydrogens is 248 g/mol. The van der Waals surface area contributed by atoms with E-state index in [-0.39, 0.29) is 5.41 Å². The molecule has 2 nitrogen and oxygen atoms in total. The van der Waals surface area contributed by atoms with Crippen molar-refractivity contribution < 1.29 is 9.53 Å². The zero-order chi connectivity index (χ0) is 16.0. The van der Waals surface area contributed by atoms with Crippen LogP contribution in [0.25, 0.3) is 0 Å². The summed E-state index contributed by atoms with van der Waals surface area (Å²) in [5.74, 6) is 2.91. The summed E-state index contributed by atoms with van der Waals surface area (Å²) < 4.78 is 4.25. The molecule has 0 amide bonds. The third kappa shape index (κ3) is 6.54. The van der Waals surface area contributed by atoms with E-state index in [0.29, 0.717) is 0 Å². The number of rotatable bonds is 2. The Labute approximate surface area is 124 Å². The van der Waals surface area contributed by atoms with Crippen LogP contribution in [-0.2, 0) is 21.4 Å². The lowest BCUT2D eigenvalue weighted by Gasteiger charge is -2.07. The Kier molecular flexibility index (Phi) is 12.9. The Hall–Kier alpha value is -1.59. The smallest absolute Gasteiger partial charge is 0.106 e. The summed E-state index contributed by atoms with van der Waals surface area (Å²) in [7, 11) is 3.25. The second kappa shape index (κ2) is 12.4. The molecule has 1 saturated carbocycles. The maximum absolute atomic E-state index is 8.00. The van der Waals surface area contributed by atoms with Gasteiger partial charge in [0.25, 0.3) is 0 Å². The van der Waals surface area contributed by atoms with Gasteiger partial charge in [-0.05, 0) is 30.4 Å². The quantitative estimate of drug-likeness (QED) is 0.763. The van der Waals surface area contributed by atoms with E-state index in [1.54, 1.807) is 14.2 Å². The number of hydrogen-bond acceptors (Lipinski definition) is 2. The first kappa shape index (κ1) is 20.7. The molecule has 0 aliphatic heterocycles. The minimum Gasteiger partial charge on any atom is -0.388 e. The summed E-state index contributed by atoms with van der Waals surface area (Å²) in [5.41, 5.74) is 2.82. The number of hydrogen-bond donors (Lipinski definition) is 0. The lowest BCUT2D eigenvalue weighted by Crippen LogP contribution is -2.01. The van der Waals surface area contributed by atoms with Crippen molar-refractivity contribution >= 4 is 6.79 Å². The van der Waals surface area contributed by atoms with Gasteiger partial charge in [-0.15, -0.1) is 6.42 Å². The van der Waals surface area contributed by atoms with Crippen LogP contribution >= 0.6 is 0 Å². The molecule has 1 aliphatic rings. The molecule has 0 bridgehead atoms. The SMILES string of the molecule is C#CC1(c2ccc(CC)cc2)CC1.C=O.CC.COC. The van der Waals surface area contributed by atoms with E-state index >= 15 is 0 Å². The van der Waals surface area contributed by atoms with Gasteiger partial charge in [0.1, 0.15) is 6.79 Å². The van der Waals surface area contributed by atoms with Crippen molar-refractivity contribution in [3.63, 3.8) is 0 Å². The molecule has 1 aromatic carbocycles. The first-order chi connectivity index (χ1) is 9.72. The summed E-state index contributed by atoms with van der Waals surface area (Å²) in [6.45, 7) is 8.17. The van der Waals surface area contributed by atoms with Crippen LogP contribution in [0.5, 0.6) is 0 Å². The van der Waals surface area contributed by atoms with E-state index < -0.39 is 0 Å². The fourth-order valence-electron chi connectivity index (χ4n) is 1.70. The van der Waals surface area contributed by atoms with Gasteiger partial charge in [-0.25, -0.2) is 0 Å². The minimum atomic E-state index is 0.103. The summed E-state index contributed by atoms with van der Waals surface area (Å²) in [4.78, 5) is 8.00. The molecule has 2 rings (SSSR count). The van der Waals surface area contributed by atoms with Gasteiger partial charge in [0, 0.05) is 14.2 Å². The molecule has 0 unspecified atom stereocenters. The normalized spacial score (nSPS) is 13.0. The van der Waals surface area contributed by atoms with Crippen LogP contribution in [0, 0.1) is 12.3 Å². The zero-order valence-corrected chi connectivity index (χ0v) is 13.5. The number of carbonyl (C=O) groups is 1. The molecule has 0 saturated heterocycles. The van der Waals surface area contributed by atoms with Crippen molar-refractivity contribution in [1.29, 1.82) is 0 Å². The molecule has 0 heterocycles. The van der Waals surface area contributed by atoms with Crippen LogP contribution in [0.15, 0.2) is 24.3 Å². The summed E-state index contributed by atoms with van der Waals surface area (Å²) in [6.07, 6.45) is 8.95. The van der Waals surface area contributed by atoms with Gasteiger partial charge in [0.05, 0.1) is 5.41 Å². The van der Waals surface area contributed by atoms with E-state index in [9.17, 15) is 0 Å². The van der Waals surface area contributed by atoms with Crippen molar-refractivity contribution in [2.45, 2.75) is 45.4 Å². The molecule has 0 N–H and O–H groups in total. The first-order valence-corrected chi connectivity index (χ1v) is 6.98. The summed E-state index contributed by atoms with van der Waals surface area (Å²) >= 11 is 0. The lowest BCUT2D eigenvalue weighted by molar-refractivity contribution is -0.0979. The predicted octanol–water partition coefficient (Wildman–Crippen LogP) is 4.02.